The summed E-state index contributed by atoms with van der Waals surface area (Å²) in [5.74, 6) is -1.27. The topological polar surface area (TPSA) is 52.6 Å². The van der Waals surface area contributed by atoms with Gasteiger partial charge in [-0.2, -0.15) is 0 Å². The Bertz CT molecular complexity index is 359. The quantitative estimate of drug-likeness (QED) is 0.673. The van der Waals surface area contributed by atoms with Gasteiger partial charge >= 0.3 is 11.9 Å². The molecule has 4 unspecified atom stereocenters. The number of hydrogen-bond acceptors (Lipinski definition) is 4. The first-order valence-corrected chi connectivity index (χ1v) is 6.53. The summed E-state index contributed by atoms with van der Waals surface area (Å²) in [6.07, 6.45) is 0. The van der Waals surface area contributed by atoms with Gasteiger partial charge in [0.15, 0.2) is 0 Å². The second kappa shape index (κ2) is 3.72. The number of rotatable bonds is 1. The van der Waals surface area contributed by atoms with Gasteiger partial charge in [-0.1, -0.05) is 13.8 Å². The van der Waals surface area contributed by atoms with Crippen molar-refractivity contribution in [2.45, 2.75) is 52.7 Å². The highest BCUT2D eigenvalue weighted by molar-refractivity contribution is 5.85. The van der Waals surface area contributed by atoms with Gasteiger partial charge in [0.2, 0.25) is 0 Å². The van der Waals surface area contributed by atoms with Crippen LogP contribution in [0.25, 0.3) is 0 Å². The van der Waals surface area contributed by atoms with E-state index in [-0.39, 0.29) is 35.6 Å². The lowest BCUT2D eigenvalue weighted by molar-refractivity contribution is -0.155. The van der Waals surface area contributed by atoms with Crippen molar-refractivity contribution in [2.75, 3.05) is 0 Å². The standard InChI is InChI=1S/C14H22O4/c1-7-9(11(15)17-13(7,3)4)10-8(2)14(5,6)18-12(10)16/h7-10H,1-6H3. The molecule has 2 aliphatic rings. The molecule has 0 aromatic heterocycles. The van der Waals surface area contributed by atoms with Crippen LogP contribution in [-0.4, -0.2) is 23.1 Å². The largest absolute Gasteiger partial charge is 0.459 e. The van der Waals surface area contributed by atoms with Gasteiger partial charge in [-0.05, 0) is 27.7 Å². The zero-order valence-corrected chi connectivity index (χ0v) is 11.9. The molecule has 2 aliphatic heterocycles. The Morgan fingerprint density at radius 2 is 1.06 bits per heavy atom. The van der Waals surface area contributed by atoms with Crippen LogP contribution in [0.15, 0.2) is 0 Å². The number of esters is 2. The van der Waals surface area contributed by atoms with Crippen LogP contribution < -0.4 is 0 Å². The van der Waals surface area contributed by atoms with E-state index in [9.17, 15) is 9.59 Å². The van der Waals surface area contributed by atoms with Gasteiger partial charge in [-0.3, -0.25) is 9.59 Å². The maximum atomic E-state index is 12.1. The van der Waals surface area contributed by atoms with Crippen LogP contribution in [0.3, 0.4) is 0 Å². The molecular formula is C14H22O4. The molecule has 18 heavy (non-hydrogen) atoms. The monoisotopic (exact) mass is 254 g/mol. The molecule has 4 nitrogen and oxygen atoms in total. The van der Waals surface area contributed by atoms with Crippen molar-refractivity contribution in [1.29, 1.82) is 0 Å². The van der Waals surface area contributed by atoms with Crippen molar-refractivity contribution in [2.24, 2.45) is 23.7 Å². The first kappa shape index (κ1) is 13.4. The molecule has 4 atom stereocenters. The van der Waals surface area contributed by atoms with E-state index >= 15 is 0 Å². The highest BCUT2D eigenvalue weighted by Crippen LogP contribution is 2.48. The van der Waals surface area contributed by atoms with Crippen molar-refractivity contribution in [3.8, 4) is 0 Å². The normalized spacial score (nSPS) is 41.7. The SMILES string of the molecule is CC1C(C2C(=O)OC(C)(C)C2C)C(=O)OC1(C)C. The van der Waals surface area contributed by atoms with Crippen LogP contribution in [-0.2, 0) is 19.1 Å². The van der Waals surface area contributed by atoms with Crippen molar-refractivity contribution >= 4 is 11.9 Å². The van der Waals surface area contributed by atoms with E-state index < -0.39 is 11.2 Å². The predicted molar refractivity (Wildman–Crippen MR) is 65.7 cm³/mol. The lowest BCUT2D eigenvalue weighted by Crippen LogP contribution is -2.36. The lowest BCUT2D eigenvalue weighted by Gasteiger charge is -2.27. The molecule has 0 bridgehead atoms. The Morgan fingerprint density at radius 1 is 0.778 bits per heavy atom. The molecule has 0 radical (unpaired) electrons. The maximum Gasteiger partial charge on any atom is 0.310 e. The van der Waals surface area contributed by atoms with Crippen molar-refractivity contribution in [1.82, 2.24) is 0 Å². The highest BCUT2D eigenvalue weighted by atomic mass is 16.6. The third-order valence-electron chi connectivity index (χ3n) is 4.93. The van der Waals surface area contributed by atoms with E-state index in [1.54, 1.807) is 0 Å². The van der Waals surface area contributed by atoms with Crippen LogP contribution in [0.5, 0.6) is 0 Å². The Morgan fingerprint density at radius 3 is 1.22 bits per heavy atom. The first-order valence-electron chi connectivity index (χ1n) is 6.53. The summed E-state index contributed by atoms with van der Waals surface area (Å²) in [5.41, 5.74) is -1.01. The van der Waals surface area contributed by atoms with Crippen LogP contribution in [0.2, 0.25) is 0 Å². The Hall–Kier alpha value is -1.06. The molecule has 2 fully saturated rings. The van der Waals surface area contributed by atoms with Crippen molar-refractivity contribution in [3.05, 3.63) is 0 Å². The van der Waals surface area contributed by atoms with Crippen LogP contribution in [0.1, 0.15) is 41.5 Å². The van der Waals surface area contributed by atoms with E-state index in [2.05, 4.69) is 0 Å². The Balaban J connectivity index is 2.33. The summed E-state index contributed by atoms with van der Waals surface area (Å²) in [4.78, 5) is 24.1. The van der Waals surface area contributed by atoms with Gasteiger partial charge in [0, 0.05) is 11.8 Å². The zero-order chi connectivity index (χ0) is 13.9. The predicted octanol–water partition coefficient (Wildman–Crippen LogP) is 2.16. The summed E-state index contributed by atoms with van der Waals surface area (Å²) in [5, 5.41) is 0. The van der Waals surface area contributed by atoms with Crippen molar-refractivity contribution < 1.29 is 19.1 Å². The Labute approximate surface area is 108 Å². The number of hydrogen-bond donors (Lipinski definition) is 0. The summed E-state index contributed by atoms with van der Waals surface area (Å²) < 4.78 is 10.8. The van der Waals surface area contributed by atoms with Crippen LogP contribution >= 0.6 is 0 Å². The van der Waals surface area contributed by atoms with Gasteiger partial charge < -0.3 is 9.47 Å². The molecule has 0 amide bonds. The fourth-order valence-electron chi connectivity index (χ4n) is 3.03. The zero-order valence-electron chi connectivity index (χ0n) is 11.9. The molecule has 0 aliphatic carbocycles. The summed E-state index contributed by atoms with van der Waals surface area (Å²) >= 11 is 0. The summed E-state index contributed by atoms with van der Waals surface area (Å²) in [6.45, 7) is 11.5. The fourth-order valence-corrected chi connectivity index (χ4v) is 3.03. The van der Waals surface area contributed by atoms with Gasteiger partial charge in [-0.25, -0.2) is 0 Å². The molecular weight excluding hydrogens is 232 g/mol. The molecule has 0 aromatic rings. The molecule has 4 heteroatoms. The maximum absolute atomic E-state index is 12.1. The molecule has 102 valence electrons. The first-order chi connectivity index (χ1) is 8.08. The third-order valence-corrected chi connectivity index (χ3v) is 4.93. The van der Waals surface area contributed by atoms with Gasteiger partial charge in [0.05, 0.1) is 11.8 Å². The second-order valence-corrected chi connectivity index (χ2v) is 6.68. The highest BCUT2D eigenvalue weighted by Gasteiger charge is 2.59. The molecule has 2 rings (SSSR count). The van der Waals surface area contributed by atoms with Gasteiger partial charge in [0.1, 0.15) is 11.2 Å². The van der Waals surface area contributed by atoms with Gasteiger partial charge in [-0.15, -0.1) is 0 Å². The van der Waals surface area contributed by atoms with E-state index in [4.69, 9.17) is 9.47 Å². The van der Waals surface area contributed by atoms with Crippen LogP contribution in [0, 0.1) is 23.7 Å². The number of carbonyl (C=O) groups is 2. The molecule has 0 N–H and O–H groups in total. The minimum absolute atomic E-state index is 0.0129. The molecule has 2 saturated heterocycles. The average Bonchev–Trinajstić information content (AvgIpc) is 2.50. The average molecular weight is 254 g/mol. The third kappa shape index (κ3) is 1.73. The molecule has 0 aromatic carbocycles. The summed E-state index contributed by atoms with van der Waals surface area (Å²) in [7, 11) is 0. The van der Waals surface area contributed by atoms with E-state index in [0.717, 1.165) is 0 Å². The van der Waals surface area contributed by atoms with Crippen molar-refractivity contribution in [3.63, 3.8) is 0 Å². The Kier molecular flexibility index (Phi) is 2.76. The fraction of sp³-hybridized carbons (Fsp3) is 0.857. The summed E-state index contributed by atoms with van der Waals surface area (Å²) in [6, 6.07) is 0. The molecule has 0 saturated carbocycles. The smallest absolute Gasteiger partial charge is 0.310 e. The minimum Gasteiger partial charge on any atom is -0.459 e. The minimum atomic E-state index is -0.505. The molecule has 2 heterocycles. The van der Waals surface area contributed by atoms with E-state index in [1.807, 2.05) is 41.5 Å². The number of ether oxygens (including phenoxy) is 2. The second-order valence-electron chi connectivity index (χ2n) is 6.68. The lowest BCUT2D eigenvalue weighted by atomic mass is 9.71. The van der Waals surface area contributed by atoms with Crippen LogP contribution in [0.4, 0.5) is 0 Å². The van der Waals surface area contributed by atoms with Gasteiger partial charge in [0.25, 0.3) is 0 Å². The van der Waals surface area contributed by atoms with E-state index in [0.29, 0.717) is 0 Å². The molecule has 0 spiro atoms. The number of cyclic esters (lactones) is 2. The number of carbonyl (C=O) groups excluding carboxylic acids is 2. The van der Waals surface area contributed by atoms with E-state index in [1.165, 1.54) is 0 Å².